The van der Waals surface area contributed by atoms with E-state index in [1.807, 2.05) is 0 Å². The minimum atomic E-state index is -0.352. The van der Waals surface area contributed by atoms with Crippen LogP contribution >= 0.6 is 0 Å². The fraction of sp³-hybridized carbons (Fsp3) is 0.250. The maximum absolute atomic E-state index is 11.0. The van der Waals surface area contributed by atoms with Crippen molar-refractivity contribution in [2.75, 3.05) is 13.3 Å². The first-order valence-electron chi connectivity index (χ1n) is 3.67. The second-order valence-corrected chi connectivity index (χ2v) is 2.17. The smallest absolute Gasteiger partial charge is 0.248 e. The Balaban J connectivity index is 3.98. The first kappa shape index (κ1) is 11.4. The summed E-state index contributed by atoms with van der Waals surface area (Å²) in [6.45, 7) is 6.65. The summed E-state index contributed by atoms with van der Waals surface area (Å²) < 4.78 is 0. The van der Waals surface area contributed by atoms with Crippen LogP contribution in [0.5, 0.6) is 0 Å². The fourth-order valence-corrected chi connectivity index (χ4v) is 0.607. The second-order valence-electron chi connectivity index (χ2n) is 2.17. The highest BCUT2D eigenvalue weighted by Gasteiger charge is 2.07. The Bertz CT molecular complexity index is 225. The molecule has 0 aliphatic rings. The first-order chi connectivity index (χ1) is 6.15. The molecule has 0 aromatic heterocycles. The van der Waals surface area contributed by atoms with Crippen LogP contribution in [-0.4, -0.2) is 30.1 Å². The van der Waals surface area contributed by atoms with E-state index in [4.69, 9.17) is 5.73 Å². The van der Waals surface area contributed by atoms with Crippen molar-refractivity contribution in [3.05, 3.63) is 25.3 Å². The van der Waals surface area contributed by atoms with Gasteiger partial charge in [0.25, 0.3) is 0 Å². The summed E-state index contributed by atoms with van der Waals surface area (Å²) in [5.74, 6) is -0.679. The first-order valence-corrected chi connectivity index (χ1v) is 3.67. The number of amides is 2. The Kier molecular flexibility index (Phi) is 5.22. The van der Waals surface area contributed by atoms with Crippen LogP contribution in [-0.2, 0) is 9.59 Å². The summed E-state index contributed by atoms with van der Waals surface area (Å²) in [7, 11) is 0. The molecule has 0 radical (unpaired) electrons. The Labute approximate surface area is 76.9 Å². The summed E-state index contributed by atoms with van der Waals surface area (Å²) in [4.78, 5) is 22.9. The largest absolute Gasteiger partial charge is 0.335 e. The Morgan fingerprint density at radius 3 is 2.38 bits per heavy atom. The number of nitrogens with one attached hydrogen (secondary N) is 1. The van der Waals surface area contributed by atoms with Crippen LogP contribution in [0.1, 0.15) is 0 Å². The van der Waals surface area contributed by atoms with Crippen LogP contribution in [0.3, 0.4) is 0 Å². The van der Waals surface area contributed by atoms with Crippen LogP contribution in [0.15, 0.2) is 25.3 Å². The molecule has 3 N–H and O–H groups in total. The van der Waals surface area contributed by atoms with Crippen molar-refractivity contribution < 1.29 is 9.59 Å². The highest BCUT2D eigenvalue weighted by molar-refractivity contribution is 5.89. The molecule has 0 aromatic rings. The van der Waals surface area contributed by atoms with Gasteiger partial charge in [-0.25, -0.2) is 0 Å². The number of hydrogen-bond donors (Lipinski definition) is 2. The minimum Gasteiger partial charge on any atom is -0.335 e. The average Bonchev–Trinajstić information content (AvgIpc) is 2.17. The van der Waals surface area contributed by atoms with Crippen LogP contribution < -0.4 is 11.1 Å². The molecule has 0 unspecified atom stereocenters. The van der Waals surface area contributed by atoms with E-state index in [9.17, 15) is 9.59 Å². The fourth-order valence-electron chi connectivity index (χ4n) is 0.607. The quantitative estimate of drug-likeness (QED) is 0.432. The van der Waals surface area contributed by atoms with Gasteiger partial charge in [0.2, 0.25) is 11.8 Å². The molecule has 0 spiro atoms. The molecule has 0 saturated carbocycles. The molecule has 0 aromatic carbocycles. The Hall–Kier alpha value is -1.62. The summed E-state index contributed by atoms with van der Waals surface area (Å²) in [6, 6.07) is 0. The summed E-state index contributed by atoms with van der Waals surface area (Å²) in [5, 5.41) is 2.42. The van der Waals surface area contributed by atoms with Gasteiger partial charge in [-0.15, -0.1) is 0 Å². The topological polar surface area (TPSA) is 75.4 Å². The van der Waals surface area contributed by atoms with E-state index in [1.54, 1.807) is 0 Å². The zero-order chi connectivity index (χ0) is 10.3. The van der Waals surface area contributed by atoms with Gasteiger partial charge in [0.1, 0.15) is 0 Å². The lowest BCUT2D eigenvalue weighted by molar-refractivity contribution is -0.127. The van der Waals surface area contributed by atoms with Gasteiger partial charge in [-0.3, -0.25) is 9.59 Å². The third-order valence-corrected chi connectivity index (χ3v) is 1.34. The van der Waals surface area contributed by atoms with Crippen molar-refractivity contribution in [3.8, 4) is 0 Å². The lowest BCUT2D eigenvalue weighted by atomic mass is 10.5. The number of carbonyl (C=O) groups is 2. The molecule has 13 heavy (non-hydrogen) atoms. The van der Waals surface area contributed by atoms with Gasteiger partial charge in [0, 0.05) is 0 Å². The highest BCUT2D eigenvalue weighted by Crippen LogP contribution is 1.84. The lowest BCUT2D eigenvalue weighted by Crippen LogP contribution is -2.43. The van der Waals surface area contributed by atoms with Gasteiger partial charge in [-0.2, -0.15) is 0 Å². The molecule has 0 atom stereocenters. The van der Waals surface area contributed by atoms with Crippen molar-refractivity contribution in [2.45, 2.75) is 0 Å². The average molecular weight is 183 g/mol. The zero-order valence-corrected chi connectivity index (χ0v) is 7.32. The molecule has 0 aliphatic heterocycles. The third-order valence-electron chi connectivity index (χ3n) is 1.34. The second kappa shape index (κ2) is 5.96. The van der Waals surface area contributed by atoms with E-state index in [0.717, 1.165) is 12.2 Å². The Morgan fingerprint density at radius 1 is 1.38 bits per heavy atom. The van der Waals surface area contributed by atoms with E-state index in [-0.39, 0.29) is 25.2 Å². The van der Waals surface area contributed by atoms with Gasteiger partial charge in [-0.1, -0.05) is 13.2 Å². The monoisotopic (exact) mass is 183 g/mol. The lowest BCUT2D eigenvalue weighted by Gasteiger charge is -2.18. The highest BCUT2D eigenvalue weighted by atomic mass is 16.2. The van der Waals surface area contributed by atoms with Crippen LogP contribution in [0.25, 0.3) is 0 Å². The van der Waals surface area contributed by atoms with E-state index in [1.165, 1.54) is 4.90 Å². The molecular weight excluding hydrogens is 170 g/mol. The normalized spacial score (nSPS) is 8.69. The summed E-state index contributed by atoms with van der Waals surface area (Å²) >= 11 is 0. The Morgan fingerprint density at radius 2 is 2.00 bits per heavy atom. The van der Waals surface area contributed by atoms with E-state index in [2.05, 4.69) is 18.5 Å². The van der Waals surface area contributed by atoms with Crippen LogP contribution in [0, 0.1) is 0 Å². The summed E-state index contributed by atoms with van der Waals surface area (Å²) in [5.41, 5.74) is 5.26. The van der Waals surface area contributed by atoms with E-state index in [0.29, 0.717) is 0 Å². The van der Waals surface area contributed by atoms with Gasteiger partial charge in [0.05, 0.1) is 13.3 Å². The van der Waals surface area contributed by atoms with Crippen LogP contribution in [0.2, 0.25) is 0 Å². The molecule has 0 bridgehead atoms. The number of carbonyl (C=O) groups excluding carboxylic acids is 2. The molecule has 0 saturated heterocycles. The molecule has 0 rings (SSSR count). The number of rotatable bonds is 5. The van der Waals surface area contributed by atoms with Gasteiger partial charge >= 0.3 is 0 Å². The predicted molar refractivity (Wildman–Crippen MR) is 49.3 cm³/mol. The molecule has 0 fully saturated rings. The number of nitrogens with two attached hydrogens (primary N) is 1. The van der Waals surface area contributed by atoms with Crippen LogP contribution in [0.4, 0.5) is 0 Å². The molecule has 0 aliphatic carbocycles. The minimum absolute atomic E-state index is 0.0300. The maximum Gasteiger partial charge on any atom is 0.248 e. The standard InChI is InChI=1S/C8H13N3O2/c1-3-7(12)10-6-11(5-9)8(13)4-2/h3-4H,1-2,5-6,9H2,(H,10,12). The van der Waals surface area contributed by atoms with E-state index >= 15 is 0 Å². The predicted octanol–water partition coefficient (Wildman–Crippen LogP) is -0.823. The van der Waals surface area contributed by atoms with Gasteiger partial charge in [0.15, 0.2) is 0 Å². The molecular formula is C8H13N3O2. The molecule has 72 valence electrons. The number of hydrogen-bond acceptors (Lipinski definition) is 3. The number of nitrogens with zero attached hydrogens (tertiary/aromatic N) is 1. The third kappa shape index (κ3) is 4.07. The molecule has 0 heterocycles. The SMILES string of the molecule is C=CC(=O)NCN(CN)C(=O)C=C. The van der Waals surface area contributed by atoms with Crippen molar-refractivity contribution in [3.63, 3.8) is 0 Å². The molecule has 2 amide bonds. The van der Waals surface area contributed by atoms with Crippen molar-refractivity contribution >= 4 is 11.8 Å². The van der Waals surface area contributed by atoms with E-state index < -0.39 is 0 Å². The van der Waals surface area contributed by atoms with Crippen molar-refractivity contribution in [1.82, 2.24) is 10.2 Å². The maximum atomic E-state index is 11.0. The van der Waals surface area contributed by atoms with Crippen molar-refractivity contribution in [2.24, 2.45) is 5.73 Å². The van der Waals surface area contributed by atoms with Crippen molar-refractivity contribution in [1.29, 1.82) is 0 Å². The molecule has 5 heteroatoms. The van der Waals surface area contributed by atoms with Gasteiger partial charge in [-0.05, 0) is 12.2 Å². The molecule has 5 nitrogen and oxygen atoms in total. The van der Waals surface area contributed by atoms with Gasteiger partial charge < -0.3 is 16.0 Å². The zero-order valence-electron chi connectivity index (χ0n) is 7.32. The summed E-state index contributed by atoms with van der Waals surface area (Å²) in [6.07, 6.45) is 2.25.